The summed E-state index contributed by atoms with van der Waals surface area (Å²) in [7, 11) is 0. The lowest BCUT2D eigenvalue weighted by atomic mass is 9.98. The Kier molecular flexibility index (Phi) is 4.47. The van der Waals surface area contributed by atoms with Gasteiger partial charge in [-0.3, -0.25) is 9.78 Å². The third-order valence-corrected chi connectivity index (χ3v) is 5.07. The normalized spacial score (nSPS) is 17.6. The highest BCUT2D eigenvalue weighted by molar-refractivity contribution is 7.13. The zero-order chi connectivity index (χ0) is 17.1. The van der Waals surface area contributed by atoms with E-state index in [4.69, 9.17) is 0 Å². The van der Waals surface area contributed by atoms with Gasteiger partial charge in [0.05, 0.1) is 17.6 Å². The smallest absolute Gasteiger partial charge is 0.274 e. The third kappa shape index (κ3) is 3.55. The Morgan fingerprint density at radius 1 is 1.36 bits per heavy atom. The standard InChI is InChI=1S/C16H17N7OS/c24-16(13-9-17-5-6-18-13)22-7-1-3-12(10-22)11-23-20-15(19-21-23)14-4-2-8-25-14/h2,4-6,8-9,12H,1,3,7,10-11H2/t12-/m1/s1. The van der Waals surface area contributed by atoms with Crippen LogP contribution < -0.4 is 0 Å². The van der Waals surface area contributed by atoms with Crippen LogP contribution in [-0.2, 0) is 6.54 Å². The van der Waals surface area contributed by atoms with Gasteiger partial charge >= 0.3 is 0 Å². The van der Waals surface area contributed by atoms with Crippen molar-refractivity contribution in [3.05, 3.63) is 41.8 Å². The van der Waals surface area contributed by atoms with Gasteiger partial charge < -0.3 is 4.90 Å². The lowest BCUT2D eigenvalue weighted by molar-refractivity contribution is 0.0649. The van der Waals surface area contributed by atoms with E-state index in [1.807, 2.05) is 22.4 Å². The van der Waals surface area contributed by atoms with Crippen molar-refractivity contribution in [1.29, 1.82) is 0 Å². The van der Waals surface area contributed by atoms with E-state index in [9.17, 15) is 4.79 Å². The van der Waals surface area contributed by atoms with Crippen molar-refractivity contribution < 1.29 is 4.79 Å². The molecule has 1 atom stereocenters. The summed E-state index contributed by atoms with van der Waals surface area (Å²) in [6.07, 6.45) is 6.62. The number of likely N-dealkylation sites (tertiary alicyclic amines) is 1. The number of rotatable bonds is 4. The molecule has 0 unspecified atom stereocenters. The number of hydrogen-bond donors (Lipinski definition) is 0. The Labute approximate surface area is 148 Å². The molecule has 128 valence electrons. The molecular formula is C16H17N7OS. The molecule has 0 aromatic carbocycles. The highest BCUT2D eigenvalue weighted by Gasteiger charge is 2.26. The van der Waals surface area contributed by atoms with Gasteiger partial charge in [-0.15, -0.1) is 21.5 Å². The quantitative estimate of drug-likeness (QED) is 0.708. The number of carbonyl (C=O) groups is 1. The Morgan fingerprint density at radius 3 is 3.12 bits per heavy atom. The second kappa shape index (κ2) is 7.06. The topological polar surface area (TPSA) is 89.7 Å². The molecule has 3 aromatic heterocycles. The van der Waals surface area contributed by atoms with Gasteiger partial charge in [-0.25, -0.2) is 4.98 Å². The molecule has 0 radical (unpaired) electrons. The highest BCUT2D eigenvalue weighted by Crippen LogP contribution is 2.21. The molecule has 0 spiro atoms. The van der Waals surface area contributed by atoms with Crippen LogP contribution in [0.1, 0.15) is 23.3 Å². The second-order valence-corrected chi connectivity index (χ2v) is 6.94. The number of tetrazole rings is 1. The molecule has 3 aromatic rings. The average Bonchev–Trinajstić information content (AvgIpc) is 3.34. The number of nitrogens with zero attached hydrogens (tertiary/aromatic N) is 7. The summed E-state index contributed by atoms with van der Waals surface area (Å²) in [6.45, 7) is 2.07. The molecule has 9 heteroatoms. The first kappa shape index (κ1) is 15.8. The first-order valence-electron chi connectivity index (χ1n) is 8.16. The predicted octanol–water partition coefficient (Wildman–Crippen LogP) is 1.74. The molecule has 1 saturated heterocycles. The first-order chi connectivity index (χ1) is 12.3. The zero-order valence-corrected chi connectivity index (χ0v) is 14.3. The lowest BCUT2D eigenvalue weighted by Crippen LogP contribution is -2.41. The van der Waals surface area contributed by atoms with Crippen molar-refractivity contribution >= 4 is 17.2 Å². The van der Waals surface area contributed by atoms with Gasteiger partial charge in [0.2, 0.25) is 5.82 Å². The molecule has 1 aliphatic rings. The summed E-state index contributed by atoms with van der Waals surface area (Å²) in [5, 5.41) is 14.7. The fourth-order valence-electron chi connectivity index (χ4n) is 3.03. The maximum absolute atomic E-state index is 12.5. The van der Waals surface area contributed by atoms with Crippen LogP contribution in [0.15, 0.2) is 36.1 Å². The van der Waals surface area contributed by atoms with Crippen LogP contribution >= 0.6 is 11.3 Å². The van der Waals surface area contributed by atoms with Crippen molar-refractivity contribution in [2.75, 3.05) is 13.1 Å². The minimum absolute atomic E-state index is 0.0661. The summed E-state index contributed by atoms with van der Waals surface area (Å²) in [6, 6.07) is 3.95. The van der Waals surface area contributed by atoms with Crippen LogP contribution in [0.4, 0.5) is 0 Å². The number of carbonyl (C=O) groups excluding carboxylic acids is 1. The molecule has 4 rings (SSSR count). The minimum atomic E-state index is -0.0661. The molecule has 1 fully saturated rings. The molecule has 1 amide bonds. The van der Waals surface area contributed by atoms with Crippen LogP contribution in [0.5, 0.6) is 0 Å². The van der Waals surface area contributed by atoms with Gasteiger partial charge in [0.15, 0.2) is 0 Å². The van der Waals surface area contributed by atoms with Gasteiger partial charge in [0.25, 0.3) is 5.91 Å². The SMILES string of the molecule is O=C(c1cnccn1)N1CCC[C@@H](Cn2nnc(-c3cccs3)n2)C1. The van der Waals surface area contributed by atoms with E-state index in [-0.39, 0.29) is 5.91 Å². The molecule has 0 N–H and O–H groups in total. The van der Waals surface area contributed by atoms with Gasteiger partial charge in [-0.2, -0.15) is 4.80 Å². The number of piperidine rings is 1. The van der Waals surface area contributed by atoms with Crippen LogP contribution in [0, 0.1) is 5.92 Å². The molecule has 0 aliphatic carbocycles. The molecule has 8 nitrogen and oxygen atoms in total. The third-order valence-electron chi connectivity index (χ3n) is 4.20. The van der Waals surface area contributed by atoms with Crippen LogP contribution in [0.2, 0.25) is 0 Å². The Morgan fingerprint density at radius 2 is 2.32 bits per heavy atom. The molecule has 0 saturated carbocycles. The Bertz CT molecular complexity index is 833. The van der Waals surface area contributed by atoms with Crippen molar-refractivity contribution in [3.63, 3.8) is 0 Å². The molecule has 1 aliphatic heterocycles. The van der Waals surface area contributed by atoms with E-state index >= 15 is 0 Å². The van der Waals surface area contributed by atoms with Gasteiger partial charge in [-0.05, 0) is 35.4 Å². The van der Waals surface area contributed by atoms with E-state index in [2.05, 4.69) is 25.4 Å². The van der Waals surface area contributed by atoms with Crippen LogP contribution in [0.25, 0.3) is 10.7 Å². The monoisotopic (exact) mass is 355 g/mol. The predicted molar refractivity (Wildman–Crippen MR) is 91.8 cm³/mol. The van der Waals surface area contributed by atoms with E-state index in [0.29, 0.717) is 30.5 Å². The molecule has 4 heterocycles. The first-order valence-corrected chi connectivity index (χ1v) is 9.04. The van der Waals surface area contributed by atoms with Crippen molar-refractivity contribution in [3.8, 4) is 10.7 Å². The number of thiophene rings is 1. The molecule has 25 heavy (non-hydrogen) atoms. The highest BCUT2D eigenvalue weighted by atomic mass is 32.1. The molecular weight excluding hydrogens is 338 g/mol. The van der Waals surface area contributed by atoms with Crippen molar-refractivity contribution in [1.82, 2.24) is 35.1 Å². The van der Waals surface area contributed by atoms with E-state index < -0.39 is 0 Å². The average molecular weight is 355 g/mol. The van der Waals surface area contributed by atoms with Gasteiger partial charge in [0.1, 0.15) is 5.69 Å². The summed E-state index contributed by atoms with van der Waals surface area (Å²) >= 11 is 1.59. The van der Waals surface area contributed by atoms with Gasteiger partial charge in [0, 0.05) is 25.5 Å². The number of aromatic nitrogens is 6. The largest absolute Gasteiger partial charge is 0.337 e. The van der Waals surface area contributed by atoms with Gasteiger partial charge in [-0.1, -0.05) is 6.07 Å². The second-order valence-electron chi connectivity index (χ2n) is 6.00. The summed E-state index contributed by atoms with van der Waals surface area (Å²) in [4.78, 5) is 25.1. The minimum Gasteiger partial charge on any atom is -0.337 e. The Hall–Kier alpha value is -2.68. The molecule has 0 bridgehead atoms. The van der Waals surface area contributed by atoms with E-state index in [0.717, 1.165) is 24.3 Å². The van der Waals surface area contributed by atoms with E-state index in [1.54, 1.807) is 28.5 Å². The lowest BCUT2D eigenvalue weighted by Gasteiger charge is -2.32. The Balaban J connectivity index is 1.41. The summed E-state index contributed by atoms with van der Waals surface area (Å²) in [5.74, 6) is 0.890. The van der Waals surface area contributed by atoms with Crippen molar-refractivity contribution in [2.45, 2.75) is 19.4 Å². The number of hydrogen-bond acceptors (Lipinski definition) is 7. The fourth-order valence-corrected chi connectivity index (χ4v) is 3.67. The maximum Gasteiger partial charge on any atom is 0.274 e. The maximum atomic E-state index is 12.5. The van der Waals surface area contributed by atoms with Crippen LogP contribution in [-0.4, -0.2) is 54.1 Å². The van der Waals surface area contributed by atoms with Crippen molar-refractivity contribution in [2.24, 2.45) is 5.92 Å². The summed E-state index contributed by atoms with van der Waals surface area (Å²) < 4.78 is 0. The van der Waals surface area contributed by atoms with E-state index in [1.165, 1.54) is 6.20 Å². The zero-order valence-electron chi connectivity index (χ0n) is 13.5. The fraction of sp³-hybridized carbons (Fsp3) is 0.375. The summed E-state index contributed by atoms with van der Waals surface area (Å²) in [5.41, 5.74) is 0.391. The van der Waals surface area contributed by atoms with Crippen LogP contribution in [0.3, 0.4) is 0 Å². The number of amides is 1.